The molecule has 2 amide bonds. The summed E-state index contributed by atoms with van der Waals surface area (Å²) in [6, 6.07) is 16.3. The topological polar surface area (TPSA) is 111 Å². The number of hydrogen-bond acceptors (Lipinski definition) is 7. The van der Waals surface area contributed by atoms with E-state index in [1.54, 1.807) is 24.3 Å². The van der Waals surface area contributed by atoms with Crippen molar-refractivity contribution in [1.29, 1.82) is 0 Å². The summed E-state index contributed by atoms with van der Waals surface area (Å²) in [5.74, 6) is 0.927. The Bertz CT molecular complexity index is 1040. The monoisotopic (exact) mass is 408 g/mol. The Morgan fingerprint density at radius 1 is 1.17 bits per heavy atom. The number of aromatic nitrogens is 4. The Hall–Kier alpha value is -3.95. The first-order valence-corrected chi connectivity index (χ1v) is 9.36. The second-order valence-corrected chi connectivity index (χ2v) is 6.53. The van der Waals surface area contributed by atoms with Crippen LogP contribution in [0.15, 0.2) is 54.6 Å². The fraction of sp³-hybridized carbons (Fsp3) is 0.250. The molecule has 1 aliphatic heterocycles. The van der Waals surface area contributed by atoms with Crippen LogP contribution in [0, 0.1) is 0 Å². The maximum absolute atomic E-state index is 13.0. The molecule has 10 nitrogen and oxygen atoms in total. The zero-order chi connectivity index (χ0) is 20.9. The number of nitrogens with zero attached hydrogens (tertiary/aromatic N) is 5. The van der Waals surface area contributed by atoms with Gasteiger partial charge in [-0.1, -0.05) is 30.3 Å². The average Bonchev–Trinajstić information content (AvgIpc) is 3.24. The normalized spacial score (nSPS) is 15.1. The summed E-state index contributed by atoms with van der Waals surface area (Å²) in [6.07, 6.45) is -0.799. The van der Waals surface area contributed by atoms with E-state index in [2.05, 4.69) is 20.7 Å². The molecule has 1 aromatic heterocycles. The van der Waals surface area contributed by atoms with Gasteiger partial charge in [0.15, 0.2) is 12.7 Å². The summed E-state index contributed by atoms with van der Waals surface area (Å²) in [6.45, 7) is 0.0959. The Labute approximate surface area is 172 Å². The first kappa shape index (κ1) is 19.4. The Morgan fingerprint density at radius 2 is 1.93 bits per heavy atom. The van der Waals surface area contributed by atoms with E-state index < -0.39 is 6.10 Å². The predicted molar refractivity (Wildman–Crippen MR) is 106 cm³/mol. The van der Waals surface area contributed by atoms with Crippen LogP contribution in [0.4, 0.5) is 5.69 Å². The molecule has 0 saturated heterocycles. The van der Waals surface area contributed by atoms with Gasteiger partial charge >= 0.3 is 0 Å². The van der Waals surface area contributed by atoms with Crippen LogP contribution in [-0.4, -0.2) is 51.7 Å². The minimum absolute atomic E-state index is 0.0915. The van der Waals surface area contributed by atoms with E-state index in [4.69, 9.17) is 9.47 Å². The van der Waals surface area contributed by atoms with Gasteiger partial charge in [-0.05, 0) is 29.5 Å². The molecule has 1 N–H and O–H groups in total. The van der Waals surface area contributed by atoms with Crippen LogP contribution in [0.5, 0.6) is 11.5 Å². The largest absolute Gasteiger partial charge is 0.485 e. The third-order valence-electron chi connectivity index (χ3n) is 4.50. The van der Waals surface area contributed by atoms with E-state index in [9.17, 15) is 9.59 Å². The van der Waals surface area contributed by atoms with E-state index in [0.29, 0.717) is 23.0 Å². The molecular weight excluding hydrogens is 388 g/mol. The van der Waals surface area contributed by atoms with Gasteiger partial charge in [0.25, 0.3) is 11.8 Å². The number of rotatable bonds is 6. The third kappa shape index (κ3) is 4.22. The number of tetrazole rings is 1. The molecule has 3 aromatic rings. The second kappa shape index (κ2) is 8.60. The van der Waals surface area contributed by atoms with Crippen LogP contribution in [0.1, 0.15) is 5.82 Å². The van der Waals surface area contributed by atoms with Crippen molar-refractivity contribution in [2.75, 3.05) is 18.5 Å². The van der Waals surface area contributed by atoms with Gasteiger partial charge in [-0.25, -0.2) is 0 Å². The summed E-state index contributed by atoms with van der Waals surface area (Å²) < 4.78 is 11.3. The first-order chi connectivity index (χ1) is 14.6. The van der Waals surface area contributed by atoms with Crippen molar-refractivity contribution in [2.24, 2.45) is 0 Å². The van der Waals surface area contributed by atoms with Crippen molar-refractivity contribution >= 4 is 17.5 Å². The predicted octanol–water partition coefficient (Wildman–Crippen LogP) is 0.792. The van der Waals surface area contributed by atoms with Gasteiger partial charge < -0.3 is 19.7 Å². The molecule has 0 unspecified atom stereocenters. The highest BCUT2D eigenvalue weighted by Gasteiger charge is 2.33. The number of carbonyl (C=O) groups is 2. The zero-order valence-corrected chi connectivity index (χ0v) is 16.3. The molecule has 0 spiro atoms. The molecule has 0 bridgehead atoms. The molecule has 10 heteroatoms. The molecule has 0 aliphatic carbocycles. The smallest absolute Gasteiger partial charge is 0.262 e. The number of benzene rings is 2. The van der Waals surface area contributed by atoms with Crippen molar-refractivity contribution < 1.29 is 19.1 Å². The van der Waals surface area contributed by atoms with E-state index >= 15 is 0 Å². The Balaban J connectivity index is 1.44. The summed E-state index contributed by atoms with van der Waals surface area (Å²) in [7, 11) is 1.52. The number of hydrogen-bond donors (Lipinski definition) is 1. The van der Waals surface area contributed by atoms with E-state index in [-0.39, 0.29) is 31.5 Å². The lowest BCUT2D eigenvalue weighted by atomic mass is 10.1. The van der Waals surface area contributed by atoms with Gasteiger partial charge in [0.2, 0.25) is 5.82 Å². The van der Waals surface area contributed by atoms with Gasteiger partial charge in [0, 0.05) is 7.05 Å². The van der Waals surface area contributed by atoms with Gasteiger partial charge in [0.05, 0.1) is 12.2 Å². The minimum atomic E-state index is -0.799. The number of anilines is 1. The van der Waals surface area contributed by atoms with Crippen molar-refractivity contribution in [2.45, 2.75) is 19.3 Å². The molecule has 1 aliphatic rings. The highest BCUT2D eigenvalue weighted by Crippen LogP contribution is 2.33. The number of carbonyl (C=O) groups excluding carboxylic acids is 2. The number of nitrogens with one attached hydrogen (secondary N) is 1. The van der Waals surface area contributed by atoms with Crippen molar-refractivity contribution in [3.63, 3.8) is 0 Å². The molecule has 0 radical (unpaired) electrons. The zero-order valence-electron chi connectivity index (χ0n) is 16.3. The molecule has 2 heterocycles. The number of likely N-dealkylation sites (N-methyl/N-ethyl adjacent to an activating group) is 1. The SMILES string of the molecule is CNC(=O)[C@@H]1CN(C(=O)Cn2nnc(COc3ccccc3)n2)c2ccccc2O1. The lowest BCUT2D eigenvalue weighted by Gasteiger charge is -2.33. The summed E-state index contributed by atoms with van der Waals surface area (Å²) >= 11 is 0. The second-order valence-electron chi connectivity index (χ2n) is 6.53. The van der Waals surface area contributed by atoms with Gasteiger partial charge in [-0.15, -0.1) is 10.2 Å². The molecule has 154 valence electrons. The molecule has 2 aromatic carbocycles. The maximum atomic E-state index is 13.0. The quantitative estimate of drug-likeness (QED) is 0.642. The van der Waals surface area contributed by atoms with Crippen LogP contribution < -0.4 is 19.7 Å². The molecule has 0 saturated carbocycles. The van der Waals surface area contributed by atoms with Gasteiger partial charge in [-0.3, -0.25) is 9.59 Å². The van der Waals surface area contributed by atoms with E-state index in [1.165, 1.54) is 16.7 Å². The van der Waals surface area contributed by atoms with Crippen LogP contribution in [0.3, 0.4) is 0 Å². The summed E-state index contributed by atoms with van der Waals surface area (Å²) in [4.78, 5) is 27.7. The number of fused-ring (bicyclic) bond motifs is 1. The van der Waals surface area contributed by atoms with Crippen molar-refractivity contribution in [3.05, 3.63) is 60.4 Å². The Morgan fingerprint density at radius 3 is 2.73 bits per heavy atom. The third-order valence-corrected chi connectivity index (χ3v) is 4.50. The first-order valence-electron chi connectivity index (χ1n) is 9.36. The average molecular weight is 408 g/mol. The maximum Gasteiger partial charge on any atom is 0.262 e. The highest BCUT2D eigenvalue weighted by atomic mass is 16.5. The Kier molecular flexibility index (Phi) is 5.55. The van der Waals surface area contributed by atoms with E-state index in [0.717, 1.165) is 0 Å². The number of para-hydroxylation sites is 3. The summed E-state index contributed by atoms with van der Waals surface area (Å²) in [5, 5.41) is 14.6. The van der Waals surface area contributed by atoms with Gasteiger partial charge in [0.1, 0.15) is 18.0 Å². The highest BCUT2D eigenvalue weighted by molar-refractivity contribution is 5.97. The lowest BCUT2D eigenvalue weighted by Crippen LogP contribution is -2.50. The molecular formula is C20H20N6O4. The minimum Gasteiger partial charge on any atom is -0.485 e. The van der Waals surface area contributed by atoms with Crippen LogP contribution in [0.25, 0.3) is 0 Å². The van der Waals surface area contributed by atoms with Crippen LogP contribution >= 0.6 is 0 Å². The fourth-order valence-corrected chi connectivity index (χ4v) is 3.04. The van der Waals surface area contributed by atoms with Crippen molar-refractivity contribution in [3.8, 4) is 11.5 Å². The number of amides is 2. The molecule has 1 atom stereocenters. The standard InChI is InChI=1S/C20H20N6O4/c1-21-20(28)17-11-25(15-9-5-6-10-16(15)30-17)19(27)12-26-23-18(22-24-26)13-29-14-7-3-2-4-8-14/h2-10,17H,11-13H2,1H3,(H,21,28)/t17-/m0/s1. The molecule has 4 rings (SSSR count). The lowest BCUT2D eigenvalue weighted by molar-refractivity contribution is -0.128. The summed E-state index contributed by atoms with van der Waals surface area (Å²) in [5.41, 5.74) is 0.593. The van der Waals surface area contributed by atoms with Crippen molar-refractivity contribution in [1.82, 2.24) is 25.5 Å². The van der Waals surface area contributed by atoms with Gasteiger partial charge in [-0.2, -0.15) is 4.80 Å². The van der Waals surface area contributed by atoms with Crippen LogP contribution in [0.2, 0.25) is 0 Å². The van der Waals surface area contributed by atoms with Crippen LogP contribution in [-0.2, 0) is 22.7 Å². The molecule has 0 fully saturated rings. The van der Waals surface area contributed by atoms with E-state index in [1.807, 2.05) is 30.3 Å². The molecule has 30 heavy (non-hydrogen) atoms. The number of ether oxygens (including phenoxy) is 2. The fourth-order valence-electron chi connectivity index (χ4n) is 3.04.